The Morgan fingerprint density at radius 3 is 1.64 bits per heavy atom. The number of carbonyl (C=O) groups is 1. The number of H-pyrrole nitrogens is 14. The van der Waals surface area contributed by atoms with Gasteiger partial charge in [-0.25, -0.2) is 54.4 Å². The SMILES string of the molecule is CC1=NC(C)C(C)c2c1[nH]c1c(C)c(C)c(C)c(C)c21.Cc1c(C)c(C)c2c3c([nH]c2c1C)C(C)NC(C)C3C.Cc1nc(=S)c2[nH]c(C)nc2[nH]1.Cc1nc(N)c2[nH]c(C)nc2n1.Cc1nc2[nH]c(=O)[nH]c(=O)c2[nH]1.Cc1nc2[nH]c(=O)[nH]c(=S)c2[nH]1.Cc1nc2nc[nH]c(=O)c2[nH]1.NC(Cc1c[nH]c2ccccc12)C(=O)O. The van der Waals surface area contributed by atoms with Gasteiger partial charge in [0.25, 0.3) is 11.1 Å². The van der Waals surface area contributed by atoms with E-state index in [1.807, 2.05) is 51.2 Å². The van der Waals surface area contributed by atoms with Gasteiger partial charge in [0.1, 0.15) is 73.5 Å². The van der Waals surface area contributed by atoms with Crippen molar-refractivity contribution in [2.24, 2.45) is 10.7 Å². The molecule has 596 valence electrons. The smallest absolute Gasteiger partial charge is 0.327 e. The molecule has 0 amide bonds. The number of nitrogens with zero attached hydrogens (tertiary/aromatic N) is 10. The first kappa shape index (κ1) is 82.5. The summed E-state index contributed by atoms with van der Waals surface area (Å²) in [5, 5.41) is 16.4. The molecular formula is C79H97N27O6S2. The van der Waals surface area contributed by atoms with Gasteiger partial charge in [-0.15, -0.1) is 0 Å². The lowest BCUT2D eigenvalue weighted by molar-refractivity contribution is -0.138. The van der Waals surface area contributed by atoms with Crippen molar-refractivity contribution in [1.29, 1.82) is 0 Å². The zero-order valence-electron chi connectivity index (χ0n) is 67.6. The van der Waals surface area contributed by atoms with Crippen LogP contribution in [0.15, 0.2) is 61.0 Å². The molecular weight excluding hydrogens is 1490 g/mol. The lowest BCUT2D eigenvalue weighted by Crippen LogP contribution is -2.38. The van der Waals surface area contributed by atoms with Gasteiger partial charge in [0, 0.05) is 69.0 Å². The number of rotatable bonds is 3. The summed E-state index contributed by atoms with van der Waals surface area (Å²) in [6.45, 7) is 44.2. The van der Waals surface area contributed by atoms with E-state index < -0.39 is 23.3 Å². The molecule has 33 nitrogen and oxygen atoms in total. The van der Waals surface area contributed by atoms with E-state index in [-0.39, 0.29) is 11.2 Å². The number of anilines is 1. The highest BCUT2D eigenvalue weighted by Gasteiger charge is 2.33. The second kappa shape index (κ2) is 33.5. The van der Waals surface area contributed by atoms with Gasteiger partial charge in [-0.2, -0.15) is 0 Å². The van der Waals surface area contributed by atoms with Crippen molar-refractivity contribution in [2.75, 3.05) is 5.73 Å². The number of carboxylic acids is 1. The highest BCUT2D eigenvalue weighted by atomic mass is 32.1. The monoisotopic (exact) mass is 1580 g/mol. The summed E-state index contributed by atoms with van der Waals surface area (Å²) in [7, 11) is 0. The predicted molar refractivity (Wildman–Crippen MR) is 454 cm³/mol. The highest BCUT2D eigenvalue weighted by Crippen LogP contribution is 2.43. The summed E-state index contributed by atoms with van der Waals surface area (Å²) < 4.78 is 0.955. The molecule has 0 bridgehead atoms. The Hall–Kier alpha value is -12.5. The zero-order chi connectivity index (χ0) is 83.1. The quantitative estimate of drug-likeness (QED) is 0.0731. The van der Waals surface area contributed by atoms with Gasteiger partial charge < -0.3 is 71.7 Å². The number of hydrogen-bond acceptors (Lipinski definition) is 20. The number of nitrogens with one attached hydrogen (secondary N) is 15. The van der Waals surface area contributed by atoms with E-state index in [9.17, 15) is 24.0 Å². The first-order valence-corrected chi connectivity index (χ1v) is 37.9. The average molecular weight is 1580 g/mol. The Balaban J connectivity index is 0.000000130. The number of aliphatic imine (C=N–C) groups is 1. The summed E-state index contributed by atoms with van der Waals surface area (Å²) >= 11 is 9.96. The molecule has 0 fully saturated rings. The first-order valence-electron chi connectivity index (χ1n) is 37.1. The van der Waals surface area contributed by atoms with Crippen LogP contribution in [0.2, 0.25) is 0 Å². The van der Waals surface area contributed by atoms with Crippen LogP contribution in [0.5, 0.6) is 0 Å². The van der Waals surface area contributed by atoms with Crippen molar-refractivity contribution >= 4 is 130 Å². The fourth-order valence-electron chi connectivity index (χ4n) is 14.4. The van der Waals surface area contributed by atoms with E-state index in [2.05, 4.69) is 217 Å². The predicted octanol–water partition coefficient (Wildman–Crippen LogP) is 12.4. The van der Waals surface area contributed by atoms with Crippen molar-refractivity contribution in [3.63, 3.8) is 0 Å². The lowest BCUT2D eigenvalue weighted by Gasteiger charge is -2.32. The number of imidazole rings is 5. The van der Waals surface area contributed by atoms with Crippen LogP contribution in [-0.2, 0) is 11.2 Å². The van der Waals surface area contributed by atoms with E-state index in [0.717, 1.165) is 62.2 Å². The number of para-hydroxylation sites is 1. The topological polar surface area (TPSA) is 519 Å². The molecule has 18 rings (SSSR count). The second-order valence-electron chi connectivity index (χ2n) is 29.1. The molecule has 2 aliphatic heterocycles. The first-order chi connectivity index (χ1) is 53.8. The van der Waals surface area contributed by atoms with E-state index in [1.165, 1.54) is 89.6 Å². The third-order valence-corrected chi connectivity index (χ3v) is 21.7. The van der Waals surface area contributed by atoms with Crippen molar-refractivity contribution in [3.8, 4) is 0 Å². The van der Waals surface area contributed by atoms with E-state index in [1.54, 1.807) is 33.3 Å². The van der Waals surface area contributed by atoms with Crippen molar-refractivity contribution in [1.82, 2.24) is 120 Å². The number of hydrogen-bond donors (Lipinski definition) is 18. The minimum atomic E-state index is -0.972. The van der Waals surface area contributed by atoms with Gasteiger partial charge in [-0.05, 0) is 205 Å². The minimum absolute atomic E-state index is 0.185. The number of benzene rings is 3. The van der Waals surface area contributed by atoms with E-state index >= 15 is 0 Å². The largest absolute Gasteiger partial charge is 0.480 e. The van der Waals surface area contributed by atoms with Gasteiger partial charge >= 0.3 is 17.3 Å². The Labute approximate surface area is 662 Å². The number of fused-ring (bicyclic) bond motifs is 12. The molecule has 13 aromatic heterocycles. The minimum Gasteiger partial charge on any atom is -0.480 e. The molecule has 16 aromatic rings. The number of aryl methyl sites for hydroxylation is 11. The van der Waals surface area contributed by atoms with Gasteiger partial charge in [0.05, 0.1) is 23.8 Å². The molecule has 6 atom stereocenters. The number of nitrogens with two attached hydrogens (primary N) is 2. The molecule has 15 heterocycles. The Bertz CT molecular complexity index is 6680. The van der Waals surface area contributed by atoms with Crippen LogP contribution in [-0.4, -0.2) is 150 Å². The van der Waals surface area contributed by atoms with Crippen molar-refractivity contribution < 1.29 is 9.90 Å². The lowest BCUT2D eigenvalue weighted by atomic mass is 9.83. The van der Waals surface area contributed by atoms with Crippen molar-refractivity contribution in [3.05, 3.63) is 201 Å². The standard InChI is InChI=1S/C18H26N2.C18H24N2.C11H12N2O2.C7H9N5.C7H8N4S.C6H6N4O2.C6H6N4OS.C6H6N4O/c2*1-8-9(2)11(4)17-15(10(8)3)16-12(5)13(6)19-14(7)18(16)20-17;12-9(11(14)15)5-7-6-13-10-4-2-1-3-8(7)10;1-3-9-5-6(8)10-4(2)12-7(5)11-3;1-3-8-5-6(9-3)10-4(2)11-7(5)12;1-2-7-3-4(8-2)9-6(12)10-5(3)11;1-2-7-3-4(8-2)9-6(11)10-5(3)12;1-3-9-4-5(10-3)7-2-8-6(4)11/h12-14,19-20H,1-7H3;12-13,20H,1-7H3;1-4,6,9,13H,5,12H2,(H,14,15);1-2H3,(H3,8,9,10,11,12);1-2H3,(H2,8,9,10,11,12);2*1H3,(H3,7,8,9,10,11,12);2H,1H3,(H2,7,8,9,10,11). The highest BCUT2D eigenvalue weighted by molar-refractivity contribution is 7.71. The third kappa shape index (κ3) is 17.1. The fourth-order valence-corrected chi connectivity index (χ4v) is 14.9. The van der Waals surface area contributed by atoms with E-state index in [0.29, 0.717) is 108 Å². The van der Waals surface area contributed by atoms with Crippen LogP contribution in [0.3, 0.4) is 0 Å². The normalized spacial score (nSPS) is 15.7. The molecule has 35 heteroatoms. The number of nitrogen functional groups attached to an aromatic ring is 1. The van der Waals surface area contributed by atoms with Gasteiger partial charge in [0.15, 0.2) is 44.2 Å². The molecule has 0 spiro atoms. The maximum atomic E-state index is 11.1. The summed E-state index contributed by atoms with van der Waals surface area (Å²) in [5.41, 5.74) is 38.0. The average Bonchev–Trinajstić information content (AvgIpc) is 1.56. The van der Waals surface area contributed by atoms with E-state index in [4.69, 9.17) is 46.0 Å². The van der Waals surface area contributed by atoms with Crippen LogP contribution in [0.25, 0.3) is 88.5 Å². The fraction of sp³-hybridized carbons (Fsp3) is 0.354. The molecule has 114 heavy (non-hydrogen) atoms. The van der Waals surface area contributed by atoms with Crippen LogP contribution >= 0.6 is 24.4 Å². The number of aliphatic carboxylic acids is 1. The Morgan fingerprint density at radius 1 is 0.500 bits per heavy atom. The molecule has 0 aliphatic carbocycles. The van der Waals surface area contributed by atoms with Crippen LogP contribution < -0.4 is 39.3 Å². The van der Waals surface area contributed by atoms with Gasteiger partial charge in [0.2, 0.25) is 0 Å². The molecule has 3 aromatic carbocycles. The Morgan fingerprint density at radius 2 is 1.02 bits per heavy atom. The van der Waals surface area contributed by atoms with Gasteiger partial charge in [-0.3, -0.25) is 39.3 Å². The summed E-state index contributed by atoms with van der Waals surface area (Å²) in [5.74, 6) is 5.62. The zero-order valence-corrected chi connectivity index (χ0v) is 69.2. The van der Waals surface area contributed by atoms with Crippen LogP contribution in [0, 0.1) is 113 Å². The number of aromatic amines is 14. The summed E-state index contributed by atoms with van der Waals surface area (Å²) in [4.78, 5) is 135. The van der Waals surface area contributed by atoms with Gasteiger partial charge in [-0.1, -0.05) is 56.5 Å². The molecule has 2 aliphatic rings. The van der Waals surface area contributed by atoms with Crippen LogP contribution in [0.1, 0.15) is 173 Å². The third-order valence-electron chi connectivity index (χ3n) is 21.1. The molecule has 0 saturated carbocycles. The van der Waals surface area contributed by atoms with Crippen molar-refractivity contribution in [2.45, 2.75) is 188 Å². The molecule has 20 N–H and O–H groups in total. The maximum absolute atomic E-state index is 11.1. The second-order valence-corrected chi connectivity index (χ2v) is 29.9. The Kier molecular flexibility index (Phi) is 24.2. The summed E-state index contributed by atoms with van der Waals surface area (Å²) in [6, 6.07) is 8.21. The van der Waals surface area contributed by atoms with Crippen LogP contribution in [0.4, 0.5) is 5.82 Å². The maximum Gasteiger partial charge on any atom is 0.327 e. The number of carboxylic acid groups (broad SMARTS) is 1. The molecule has 0 saturated heterocycles. The number of aromatic nitrogens is 23. The molecule has 6 unspecified atom stereocenters. The summed E-state index contributed by atoms with van der Waals surface area (Å²) in [6.07, 6.45) is 3.50. The molecule has 0 radical (unpaired) electrons.